The highest BCUT2D eigenvalue weighted by atomic mass is 32.1. The van der Waals surface area contributed by atoms with Gasteiger partial charge in [0.25, 0.3) is 5.91 Å². The highest BCUT2D eigenvalue weighted by molar-refractivity contribution is 7.09. The van der Waals surface area contributed by atoms with Crippen LogP contribution in [-0.4, -0.2) is 10.9 Å². The van der Waals surface area contributed by atoms with E-state index in [2.05, 4.69) is 15.7 Å². The predicted molar refractivity (Wildman–Crippen MR) is 76.3 cm³/mol. The largest absolute Gasteiger partial charge is 0.346 e. The summed E-state index contributed by atoms with van der Waals surface area (Å²) in [6.07, 6.45) is 3.86. The van der Waals surface area contributed by atoms with Gasteiger partial charge in [-0.2, -0.15) is 0 Å². The number of benzene rings is 1. The molecule has 0 saturated heterocycles. The number of hydrogen-bond donors (Lipinski definition) is 1. The van der Waals surface area contributed by atoms with Gasteiger partial charge in [-0.25, -0.2) is 4.98 Å². The number of nitrogens with zero attached hydrogens (tertiary/aromatic N) is 1. The zero-order valence-electron chi connectivity index (χ0n) is 10.6. The molecule has 0 spiro atoms. The monoisotopic (exact) mass is 272 g/mol. The molecule has 0 bridgehead atoms. The first-order valence-electron chi connectivity index (χ1n) is 6.60. The van der Waals surface area contributed by atoms with E-state index >= 15 is 0 Å². The molecule has 1 N–H and O–H groups in total. The van der Waals surface area contributed by atoms with Crippen LogP contribution in [0.4, 0.5) is 0 Å². The van der Waals surface area contributed by atoms with E-state index in [-0.39, 0.29) is 5.91 Å². The minimum Gasteiger partial charge on any atom is -0.346 e. The summed E-state index contributed by atoms with van der Waals surface area (Å²) < 4.78 is 0. The average Bonchev–Trinajstić information content (AvgIpc) is 2.83. The lowest BCUT2D eigenvalue weighted by atomic mass is 9.86. The quantitative estimate of drug-likeness (QED) is 0.927. The summed E-state index contributed by atoms with van der Waals surface area (Å²) in [6, 6.07) is 9.27. The number of thiazole rings is 1. The number of carbonyl (C=O) groups is 1. The molecule has 0 radical (unpaired) electrons. The van der Waals surface area contributed by atoms with Crippen molar-refractivity contribution in [2.45, 2.75) is 31.7 Å². The summed E-state index contributed by atoms with van der Waals surface area (Å²) in [5.41, 5.74) is 1.66. The van der Waals surface area contributed by atoms with E-state index < -0.39 is 0 Å². The lowest BCUT2D eigenvalue weighted by molar-refractivity contribution is 0.0950. The maximum absolute atomic E-state index is 11.9. The summed E-state index contributed by atoms with van der Waals surface area (Å²) in [5.74, 6) is 0.627. The zero-order valence-corrected chi connectivity index (χ0v) is 11.5. The molecular formula is C15H16N2OS. The second-order valence-corrected chi connectivity index (χ2v) is 5.74. The Bertz CT molecular complexity index is 561. The van der Waals surface area contributed by atoms with E-state index in [4.69, 9.17) is 0 Å². The number of hydrogen-bond acceptors (Lipinski definition) is 3. The van der Waals surface area contributed by atoms with Gasteiger partial charge < -0.3 is 5.32 Å². The maximum Gasteiger partial charge on any atom is 0.251 e. The van der Waals surface area contributed by atoms with E-state index in [1.54, 1.807) is 11.3 Å². The van der Waals surface area contributed by atoms with Crippen LogP contribution in [0.1, 0.15) is 46.2 Å². The average molecular weight is 272 g/mol. The van der Waals surface area contributed by atoms with Crippen LogP contribution in [0.2, 0.25) is 0 Å². The molecule has 0 atom stereocenters. The van der Waals surface area contributed by atoms with Crippen LogP contribution in [0.25, 0.3) is 0 Å². The second kappa shape index (κ2) is 5.53. The Hall–Kier alpha value is -1.68. The second-order valence-electron chi connectivity index (χ2n) is 4.85. The van der Waals surface area contributed by atoms with Crippen molar-refractivity contribution in [3.8, 4) is 0 Å². The smallest absolute Gasteiger partial charge is 0.251 e. The van der Waals surface area contributed by atoms with Crippen LogP contribution in [-0.2, 0) is 6.54 Å². The van der Waals surface area contributed by atoms with E-state index in [1.807, 2.05) is 30.3 Å². The Morgan fingerprint density at radius 1 is 1.32 bits per heavy atom. The fourth-order valence-electron chi connectivity index (χ4n) is 2.11. The zero-order chi connectivity index (χ0) is 13.1. The third-order valence-corrected chi connectivity index (χ3v) is 4.55. The van der Waals surface area contributed by atoms with Crippen molar-refractivity contribution in [1.29, 1.82) is 0 Å². The third kappa shape index (κ3) is 2.84. The van der Waals surface area contributed by atoms with Gasteiger partial charge in [0.1, 0.15) is 0 Å². The molecule has 19 heavy (non-hydrogen) atoms. The van der Waals surface area contributed by atoms with Gasteiger partial charge in [0.05, 0.1) is 17.2 Å². The first kappa shape index (κ1) is 12.4. The highest BCUT2D eigenvalue weighted by Gasteiger charge is 2.22. The lowest BCUT2D eigenvalue weighted by Gasteiger charge is -2.22. The standard InChI is InChI=1S/C15H16N2OS/c18-14(11-5-2-1-3-6-11)16-9-13-10-19-15(17-13)12-7-4-8-12/h1-3,5-6,10,12H,4,7-9H2,(H,16,18). The first-order valence-corrected chi connectivity index (χ1v) is 7.48. The predicted octanol–water partition coefficient (Wildman–Crippen LogP) is 3.34. The van der Waals surface area contributed by atoms with Gasteiger partial charge in [0.2, 0.25) is 0 Å². The highest BCUT2D eigenvalue weighted by Crippen LogP contribution is 2.37. The molecule has 98 valence electrons. The fourth-order valence-corrected chi connectivity index (χ4v) is 3.10. The van der Waals surface area contributed by atoms with Gasteiger partial charge in [0.15, 0.2) is 0 Å². The van der Waals surface area contributed by atoms with Crippen LogP contribution >= 0.6 is 11.3 Å². The first-order chi connectivity index (χ1) is 9.33. The molecule has 1 saturated carbocycles. The number of rotatable bonds is 4. The molecule has 2 aromatic rings. The molecule has 3 nitrogen and oxygen atoms in total. The van der Waals surface area contributed by atoms with Gasteiger partial charge in [-0.3, -0.25) is 4.79 Å². The molecule has 0 aliphatic heterocycles. The van der Waals surface area contributed by atoms with Gasteiger partial charge in [-0.05, 0) is 25.0 Å². The van der Waals surface area contributed by atoms with Crippen LogP contribution in [0.3, 0.4) is 0 Å². The molecule has 1 amide bonds. The lowest BCUT2D eigenvalue weighted by Crippen LogP contribution is -2.22. The molecule has 1 aromatic carbocycles. The molecule has 1 heterocycles. The summed E-state index contributed by atoms with van der Waals surface area (Å²) in [7, 11) is 0. The van der Waals surface area contributed by atoms with Crippen molar-refractivity contribution in [2.24, 2.45) is 0 Å². The van der Waals surface area contributed by atoms with Gasteiger partial charge in [-0.1, -0.05) is 24.6 Å². The van der Waals surface area contributed by atoms with E-state index in [0.29, 0.717) is 18.0 Å². The number of carbonyl (C=O) groups excluding carboxylic acids is 1. The van der Waals surface area contributed by atoms with Crippen LogP contribution in [0.15, 0.2) is 35.7 Å². The van der Waals surface area contributed by atoms with Crippen LogP contribution in [0.5, 0.6) is 0 Å². The molecule has 3 rings (SSSR count). The molecule has 0 unspecified atom stereocenters. The Morgan fingerprint density at radius 2 is 2.11 bits per heavy atom. The summed E-state index contributed by atoms with van der Waals surface area (Å²) >= 11 is 1.72. The van der Waals surface area contributed by atoms with Crippen LogP contribution in [0, 0.1) is 0 Å². The van der Waals surface area contributed by atoms with E-state index in [1.165, 1.54) is 24.3 Å². The Labute approximate surface area is 116 Å². The number of aromatic nitrogens is 1. The Kier molecular flexibility index (Phi) is 3.60. The normalized spacial score (nSPS) is 14.9. The SMILES string of the molecule is O=C(NCc1csc(C2CCC2)n1)c1ccccc1. The van der Waals surface area contributed by atoms with Crippen molar-refractivity contribution in [3.05, 3.63) is 52.0 Å². The third-order valence-electron chi connectivity index (χ3n) is 3.49. The molecule has 1 aromatic heterocycles. The van der Waals surface area contributed by atoms with Crippen molar-refractivity contribution < 1.29 is 4.79 Å². The summed E-state index contributed by atoms with van der Waals surface area (Å²) in [6.45, 7) is 0.511. The van der Waals surface area contributed by atoms with Crippen LogP contribution < -0.4 is 5.32 Å². The molecule has 1 fully saturated rings. The van der Waals surface area contributed by atoms with E-state index in [0.717, 1.165) is 5.69 Å². The summed E-state index contributed by atoms with van der Waals surface area (Å²) in [4.78, 5) is 16.5. The van der Waals surface area contributed by atoms with Crippen molar-refractivity contribution in [2.75, 3.05) is 0 Å². The molecular weight excluding hydrogens is 256 g/mol. The Morgan fingerprint density at radius 3 is 2.79 bits per heavy atom. The van der Waals surface area contributed by atoms with E-state index in [9.17, 15) is 4.79 Å². The van der Waals surface area contributed by atoms with Gasteiger partial charge >= 0.3 is 0 Å². The van der Waals surface area contributed by atoms with Crippen molar-refractivity contribution in [1.82, 2.24) is 10.3 Å². The van der Waals surface area contributed by atoms with Gasteiger partial charge in [-0.15, -0.1) is 11.3 Å². The Balaban J connectivity index is 1.57. The molecule has 1 aliphatic carbocycles. The van der Waals surface area contributed by atoms with Crippen molar-refractivity contribution in [3.63, 3.8) is 0 Å². The topological polar surface area (TPSA) is 42.0 Å². The fraction of sp³-hybridized carbons (Fsp3) is 0.333. The number of amides is 1. The maximum atomic E-state index is 11.9. The minimum atomic E-state index is -0.0428. The number of nitrogens with one attached hydrogen (secondary N) is 1. The minimum absolute atomic E-state index is 0.0428. The summed E-state index contributed by atoms with van der Waals surface area (Å²) in [5, 5.41) is 6.19. The molecule has 1 aliphatic rings. The van der Waals surface area contributed by atoms with Crippen molar-refractivity contribution >= 4 is 17.2 Å². The van der Waals surface area contributed by atoms with Gasteiger partial charge in [0, 0.05) is 16.9 Å². The molecule has 4 heteroatoms.